The number of amides is 2. The fourth-order valence-electron chi connectivity index (χ4n) is 1.95. The molecule has 110 valence electrons. The Labute approximate surface area is 128 Å². The molecule has 0 radical (unpaired) electrons. The van der Waals surface area contributed by atoms with Gasteiger partial charge in [-0.25, -0.2) is 0 Å². The number of carbonyl (C=O) groups excluding carboxylic acids is 2. The van der Waals surface area contributed by atoms with Crippen LogP contribution in [0.5, 0.6) is 0 Å². The maximum Gasteiger partial charge on any atom is 0.261 e. The van der Waals surface area contributed by atoms with Crippen LogP contribution in [0.25, 0.3) is 0 Å². The molecule has 0 saturated heterocycles. The summed E-state index contributed by atoms with van der Waals surface area (Å²) in [7, 11) is 0. The summed E-state index contributed by atoms with van der Waals surface area (Å²) in [4.78, 5) is 24.2. The molecule has 2 aromatic rings. The van der Waals surface area contributed by atoms with Gasteiger partial charge in [0.25, 0.3) is 5.91 Å². The van der Waals surface area contributed by atoms with Crippen LogP contribution < -0.4 is 10.6 Å². The predicted molar refractivity (Wildman–Crippen MR) is 85.8 cm³/mol. The van der Waals surface area contributed by atoms with Crippen LogP contribution in [0.15, 0.2) is 35.7 Å². The molecule has 0 atom stereocenters. The Morgan fingerprint density at radius 1 is 1.19 bits per heavy atom. The van der Waals surface area contributed by atoms with Gasteiger partial charge in [-0.3, -0.25) is 9.59 Å². The van der Waals surface area contributed by atoms with Gasteiger partial charge in [-0.2, -0.15) is 0 Å². The molecule has 0 bridgehead atoms. The van der Waals surface area contributed by atoms with E-state index in [0.717, 1.165) is 16.8 Å². The molecule has 5 heteroatoms. The van der Waals surface area contributed by atoms with Crippen molar-refractivity contribution in [1.29, 1.82) is 0 Å². The van der Waals surface area contributed by atoms with Crippen molar-refractivity contribution in [2.45, 2.75) is 20.3 Å². The summed E-state index contributed by atoms with van der Waals surface area (Å²) < 4.78 is 0. The Bertz CT molecular complexity index is 636. The molecule has 0 fully saturated rings. The third kappa shape index (κ3) is 4.43. The van der Waals surface area contributed by atoms with Crippen LogP contribution in [0.3, 0.4) is 0 Å². The SMILES string of the molecule is Cc1ccc(NC(=O)CCNC(=O)c2cccs2)c(C)c1. The molecule has 0 aliphatic rings. The van der Waals surface area contributed by atoms with Gasteiger partial charge in [0, 0.05) is 18.7 Å². The van der Waals surface area contributed by atoms with E-state index in [0.29, 0.717) is 11.4 Å². The van der Waals surface area contributed by atoms with Crippen LogP contribution in [0, 0.1) is 13.8 Å². The number of nitrogens with one attached hydrogen (secondary N) is 2. The first-order valence-electron chi connectivity index (χ1n) is 6.75. The van der Waals surface area contributed by atoms with Gasteiger partial charge in [-0.1, -0.05) is 23.8 Å². The second kappa shape index (κ2) is 7.04. The Balaban J connectivity index is 1.78. The lowest BCUT2D eigenvalue weighted by atomic mass is 10.1. The van der Waals surface area contributed by atoms with Gasteiger partial charge < -0.3 is 10.6 Å². The van der Waals surface area contributed by atoms with Crippen LogP contribution in [0.4, 0.5) is 5.69 Å². The van der Waals surface area contributed by atoms with Crippen LogP contribution in [0.1, 0.15) is 27.2 Å². The maximum absolute atomic E-state index is 11.9. The standard InChI is InChI=1S/C16H18N2O2S/c1-11-5-6-13(12(2)10-11)18-15(19)7-8-17-16(20)14-4-3-9-21-14/h3-6,9-10H,7-8H2,1-2H3,(H,17,20)(H,18,19). The average molecular weight is 302 g/mol. The number of thiophene rings is 1. The van der Waals surface area contributed by atoms with Crippen molar-refractivity contribution in [3.63, 3.8) is 0 Å². The van der Waals surface area contributed by atoms with Crippen molar-refractivity contribution in [3.05, 3.63) is 51.7 Å². The van der Waals surface area contributed by atoms with Crippen molar-refractivity contribution in [2.24, 2.45) is 0 Å². The summed E-state index contributed by atoms with van der Waals surface area (Å²) >= 11 is 1.38. The smallest absolute Gasteiger partial charge is 0.261 e. The van der Waals surface area contributed by atoms with E-state index in [1.54, 1.807) is 6.07 Å². The van der Waals surface area contributed by atoms with Crippen molar-refractivity contribution in [1.82, 2.24) is 5.32 Å². The molecule has 1 aromatic heterocycles. The predicted octanol–water partition coefficient (Wildman–Crippen LogP) is 3.12. The number of benzene rings is 1. The minimum absolute atomic E-state index is 0.103. The third-order valence-electron chi connectivity index (χ3n) is 3.04. The van der Waals surface area contributed by atoms with Crippen LogP contribution >= 0.6 is 11.3 Å². The summed E-state index contributed by atoms with van der Waals surface area (Å²) in [6.07, 6.45) is 0.254. The van der Waals surface area contributed by atoms with Crippen molar-refractivity contribution in [2.75, 3.05) is 11.9 Å². The Kier molecular flexibility index (Phi) is 5.11. The monoisotopic (exact) mass is 302 g/mol. The molecule has 0 aliphatic heterocycles. The molecule has 0 spiro atoms. The zero-order valence-electron chi connectivity index (χ0n) is 12.1. The lowest BCUT2D eigenvalue weighted by Crippen LogP contribution is -2.27. The zero-order valence-corrected chi connectivity index (χ0v) is 12.9. The lowest BCUT2D eigenvalue weighted by Gasteiger charge is -2.09. The minimum Gasteiger partial charge on any atom is -0.351 e. The number of aryl methyl sites for hydroxylation is 2. The van der Waals surface area contributed by atoms with Gasteiger partial charge in [0.2, 0.25) is 5.91 Å². The van der Waals surface area contributed by atoms with Gasteiger partial charge in [-0.15, -0.1) is 11.3 Å². The molecular weight excluding hydrogens is 284 g/mol. The van der Waals surface area contributed by atoms with Crippen molar-refractivity contribution < 1.29 is 9.59 Å². The quantitative estimate of drug-likeness (QED) is 0.891. The topological polar surface area (TPSA) is 58.2 Å². The normalized spacial score (nSPS) is 10.2. The van der Waals surface area contributed by atoms with Crippen molar-refractivity contribution in [3.8, 4) is 0 Å². The largest absolute Gasteiger partial charge is 0.351 e. The number of rotatable bonds is 5. The highest BCUT2D eigenvalue weighted by molar-refractivity contribution is 7.12. The van der Waals surface area contributed by atoms with E-state index in [9.17, 15) is 9.59 Å². The first-order chi connectivity index (χ1) is 10.1. The highest BCUT2D eigenvalue weighted by Crippen LogP contribution is 2.16. The molecule has 21 heavy (non-hydrogen) atoms. The summed E-state index contributed by atoms with van der Waals surface area (Å²) in [5.41, 5.74) is 3.01. The van der Waals surface area contributed by atoms with E-state index < -0.39 is 0 Å². The first kappa shape index (κ1) is 15.3. The Hall–Kier alpha value is -2.14. The van der Waals surface area contributed by atoms with Crippen LogP contribution in [0.2, 0.25) is 0 Å². The fourth-order valence-corrected chi connectivity index (χ4v) is 2.59. The number of hydrogen-bond acceptors (Lipinski definition) is 3. The first-order valence-corrected chi connectivity index (χ1v) is 7.63. The number of anilines is 1. The summed E-state index contributed by atoms with van der Waals surface area (Å²) in [5, 5.41) is 7.44. The summed E-state index contributed by atoms with van der Waals surface area (Å²) in [6.45, 7) is 4.30. The van der Waals surface area contributed by atoms with Gasteiger partial charge in [0.15, 0.2) is 0 Å². The maximum atomic E-state index is 11.9. The van der Waals surface area contributed by atoms with Gasteiger partial charge >= 0.3 is 0 Å². The van der Waals surface area contributed by atoms with E-state index in [1.165, 1.54) is 11.3 Å². The molecule has 0 aliphatic carbocycles. The lowest BCUT2D eigenvalue weighted by molar-refractivity contribution is -0.116. The number of hydrogen-bond donors (Lipinski definition) is 2. The minimum atomic E-state index is -0.135. The van der Waals surface area contributed by atoms with Crippen LogP contribution in [-0.4, -0.2) is 18.4 Å². The molecule has 2 rings (SSSR count). The zero-order chi connectivity index (χ0) is 15.2. The summed E-state index contributed by atoms with van der Waals surface area (Å²) in [6, 6.07) is 9.46. The van der Waals surface area contributed by atoms with Crippen LogP contribution in [-0.2, 0) is 4.79 Å². The van der Waals surface area contributed by atoms with E-state index in [1.807, 2.05) is 43.5 Å². The highest BCUT2D eigenvalue weighted by Gasteiger charge is 2.08. The average Bonchev–Trinajstić information content (AvgIpc) is 2.96. The second-order valence-electron chi connectivity index (χ2n) is 4.85. The van der Waals surface area contributed by atoms with Gasteiger partial charge in [0.1, 0.15) is 0 Å². The molecular formula is C16H18N2O2S. The Morgan fingerprint density at radius 2 is 2.00 bits per heavy atom. The third-order valence-corrected chi connectivity index (χ3v) is 3.91. The van der Waals surface area contributed by atoms with E-state index >= 15 is 0 Å². The van der Waals surface area contributed by atoms with E-state index in [-0.39, 0.29) is 18.2 Å². The van der Waals surface area contributed by atoms with E-state index in [2.05, 4.69) is 10.6 Å². The van der Waals surface area contributed by atoms with Gasteiger partial charge in [-0.05, 0) is 36.9 Å². The second-order valence-corrected chi connectivity index (χ2v) is 5.80. The molecule has 1 heterocycles. The highest BCUT2D eigenvalue weighted by atomic mass is 32.1. The molecule has 2 N–H and O–H groups in total. The molecule has 2 amide bonds. The molecule has 0 saturated carbocycles. The summed E-state index contributed by atoms with van der Waals surface area (Å²) in [5.74, 6) is -0.238. The number of carbonyl (C=O) groups is 2. The van der Waals surface area contributed by atoms with E-state index in [4.69, 9.17) is 0 Å². The Morgan fingerprint density at radius 3 is 2.67 bits per heavy atom. The molecule has 0 unspecified atom stereocenters. The molecule has 4 nitrogen and oxygen atoms in total. The molecule has 1 aromatic carbocycles. The van der Waals surface area contributed by atoms with Gasteiger partial charge in [0.05, 0.1) is 4.88 Å². The van der Waals surface area contributed by atoms with Crippen molar-refractivity contribution >= 4 is 28.8 Å². The fraction of sp³-hybridized carbons (Fsp3) is 0.250.